The van der Waals surface area contributed by atoms with Crippen molar-refractivity contribution < 1.29 is 21.6 Å². The number of sulfonamides is 1. The second kappa shape index (κ2) is 6.03. The summed E-state index contributed by atoms with van der Waals surface area (Å²) in [5.41, 5.74) is -1.79. The number of halogens is 4. The zero-order chi connectivity index (χ0) is 17.6. The van der Waals surface area contributed by atoms with Crippen molar-refractivity contribution in [3.05, 3.63) is 28.5 Å². The Balaban J connectivity index is 1.64. The third-order valence-corrected chi connectivity index (χ3v) is 6.54. The predicted octanol–water partition coefficient (Wildman–Crippen LogP) is 3.11. The lowest BCUT2D eigenvalue weighted by atomic mass is 9.87. The van der Waals surface area contributed by atoms with Gasteiger partial charge in [-0.05, 0) is 40.4 Å². The molecule has 0 N–H and O–H groups in total. The van der Waals surface area contributed by atoms with Crippen molar-refractivity contribution >= 4 is 26.0 Å². The maximum absolute atomic E-state index is 13.0. The van der Waals surface area contributed by atoms with Crippen LogP contribution in [0.4, 0.5) is 13.2 Å². The molecule has 3 rings (SSSR count). The summed E-state index contributed by atoms with van der Waals surface area (Å²) in [6, 6.07) is 1.65. The molecule has 3 heterocycles. The molecule has 0 unspecified atom stereocenters. The Labute approximate surface area is 145 Å². The Morgan fingerprint density at radius 3 is 2.38 bits per heavy atom. The quantitative estimate of drug-likeness (QED) is 0.741. The van der Waals surface area contributed by atoms with Crippen LogP contribution in [-0.2, 0) is 15.8 Å². The summed E-state index contributed by atoms with van der Waals surface area (Å²) in [5, 5.41) is 6.42. The van der Waals surface area contributed by atoms with E-state index in [0.717, 1.165) is 0 Å². The fraction of sp³-hybridized carbons (Fsp3) is 0.615. The van der Waals surface area contributed by atoms with Crippen molar-refractivity contribution in [2.75, 3.05) is 13.1 Å². The molecule has 24 heavy (non-hydrogen) atoms. The van der Waals surface area contributed by atoms with E-state index < -0.39 is 27.8 Å². The van der Waals surface area contributed by atoms with Gasteiger partial charge >= 0.3 is 6.18 Å². The Kier molecular flexibility index (Phi) is 4.45. The molecule has 0 aromatic carbocycles. The molecule has 1 aromatic rings. The van der Waals surface area contributed by atoms with E-state index in [1.54, 1.807) is 12.3 Å². The van der Waals surface area contributed by atoms with E-state index in [4.69, 9.17) is 0 Å². The second-order valence-corrected chi connectivity index (χ2v) is 8.75. The monoisotopic (exact) mass is 426 g/mol. The average Bonchev–Trinajstić information content (AvgIpc) is 3.28. The normalized spacial score (nSPS) is 21.8. The third kappa shape index (κ3) is 3.33. The summed E-state index contributed by atoms with van der Waals surface area (Å²) in [7, 11) is -3.61. The summed E-state index contributed by atoms with van der Waals surface area (Å²) in [4.78, 5) is 3.91. The molecule has 0 bridgehead atoms. The van der Waals surface area contributed by atoms with Crippen LogP contribution in [0.3, 0.4) is 0 Å². The maximum Gasteiger partial charge on any atom is 0.437 e. The van der Waals surface area contributed by atoms with Crippen LogP contribution >= 0.6 is 15.9 Å². The molecular formula is C13H14BrF3N4O2S. The highest BCUT2D eigenvalue weighted by atomic mass is 79.9. The van der Waals surface area contributed by atoms with Gasteiger partial charge in [-0.25, -0.2) is 12.7 Å². The molecule has 6 nitrogen and oxygen atoms in total. The minimum absolute atomic E-state index is 0.0390. The first-order valence-corrected chi connectivity index (χ1v) is 9.62. The first-order chi connectivity index (χ1) is 11.1. The van der Waals surface area contributed by atoms with E-state index in [9.17, 15) is 21.6 Å². The standard InChI is InChI=1S/C13H14BrF3N4O2S/c14-11-5-9(6-18-7-11)8-24(22,23)21-3-1-10(2-4-21)12(19-20-12)13(15,16)17/h5-7,10H,1-4,8H2. The number of piperidine rings is 1. The van der Waals surface area contributed by atoms with Crippen LogP contribution in [0.1, 0.15) is 18.4 Å². The van der Waals surface area contributed by atoms with Gasteiger partial charge in [-0.3, -0.25) is 4.98 Å². The minimum Gasteiger partial charge on any atom is -0.263 e. The van der Waals surface area contributed by atoms with Gasteiger partial charge in [-0.1, -0.05) is 0 Å². The molecule has 1 fully saturated rings. The van der Waals surface area contributed by atoms with Crippen molar-refractivity contribution in [1.82, 2.24) is 9.29 Å². The number of alkyl halides is 3. The van der Waals surface area contributed by atoms with Crippen LogP contribution in [0.15, 0.2) is 33.2 Å². The zero-order valence-corrected chi connectivity index (χ0v) is 14.8. The summed E-state index contributed by atoms with van der Waals surface area (Å²) in [6.45, 7) is 0.0780. The van der Waals surface area contributed by atoms with E-state index in [-0.39, 0.29) is 31.7 Å². The van der Waals surface area contributed by atoms with Gasteiger partial charge < -0.3 is 0 Å². The predicted molar refractivity (Wildman–Crippen MR) is 82.5 cm³/mol. The highest BCUT2D eigenvalue weighted by molar-refractivity contribution is 9.10. The zero-order valence-electron chi connectivity index (χ0n) is 12.4. The first-order valence-electron chi connectivity index (χ1n) is 7.22. The van der Waals surface area contributed by atoms with Gasteiger partial charge in [-0.2, -0.15) is 13.2 Å². The molecule has 0 spiro atoms. The smallest absolute Gasteiger partial charge is 0.263 e. The summed E-state index contributed by atoms with van der Waals surface area (Å²) in [6.07, 6.45) is -1.35. The molecule has 0 radical (unpaired) electrons. The minimum atomic E-state index is -4.51. The molecule has 0 saturated carbocycles. The van der Waals surface area contributed by atoms with Gasteiger partial charge in [0.1, 0.15) is 0 Å². The number of hydrogen-bond acceptors (Lipinski definition) is 5. The van der Waals surface area contributed by atoms with Crippen molar-refractivity contribution in [3.63, 3.8) is 0 Å². The second-order valence-electron chi connectivity index (χ2n) is 5.86. The molecule has 132 valence electrons. The fourth-order valence-corrected chi connectivity index (χ4v) is 4.88. The van der Waals surface area contributed by atoms with Crippen LogP contribution in [0.2, 0.25) is 0 Å². The van der Waals surface area contributed by atoms with Crippen LogP contribution in [-0.4, -0.2) is 42.6 Å². The van der Waals surface area contributed by atoms with Crippen LogP contribution in [0.5, 0.6) is 0 Å². The fourth-order valence-electron chi connectivity index (χ4n) is 2.94. The van der Waals surface area contributed by atoms with Crippen molar-refractivity contribution in [2.45, 2.75) is 30.4 Å². The Hall–Kier alpha value is -1.07. The van der Waals surface area contributed by atoms with Gasteiger partial charge in [0.15, 0.2) is 0 Å². The van der Waals surface area contributed by atoms with E-state index in [1.165, 1.54) is 10.5 Å². The third-order valence-electron chi connectivity index (χ3n) is 4.26. The molecule has 11 heteroatoms. The summed E-state index contributed by atoms with van der Waals surface area (Å²) >= 11 is 3.22. The van der Waals surface area contributed by atoms with E-state index in [0.29, 0.717) is 10.0 Å². The Bertz CT molecular complexity index is 755. The lowest BCUT2D eigenvalue weighted by molar-refractivity contribution is -0.179. The molecular weight excluding hydrogens is 413 g/mol. The van der Waals surface area contributed by atoms with Crippen molar-refractivity contribution in [3.8, 4) is 0 Å². The highest BCUT2D eigenvalue weighted by Crippen LogP contribution is 2.52. The van der Waals surface area contributed by atoms with E-state index in [1.807, 2.05) is 0 Å². The van der Waals surface area contributed by atoms with Crippen molar-refractivity contribution in [2.24, 2.45) is 16.1 Å². The number of hydrogen-bond donors (Lipinski definition) is 0. The SMILES string of the molecule is O=S(=O)(Cc1cncc(Br)c1)N1CCC(C2(C(F)(F)F)N=N2)CC1. The van der Waals surface area contributed by atoms with Crippen LogP contribution in [0, 0.1) is 5.92 Å². The molecule has 0 aliphatic carbocycles. The van der Waals surface area contributed by atoms with E-state index in [2.05, 4.69) is 31.1 Å². The summed E-state index contributed by atoms with van der Waals surface area (Å²) in [5.74, 6) is -1.03. The van der Waals surface area contributed by atoms with Crippen molar-refractivity contribution in [1.29, 1.82) is 0 Å². The van der Waals surface area contributed by atoms with Gasteiger partial charge in [0.05, 0.1) is 5.75 Å². The van der Waals surface area contributed by atoms with Crippen LogP contribution in [0.25, 0.3) is 0 Å². The van der Waals surface area contributed by atoms with Crippen LogP contribution < -0.4 is 0 Å². The lowest BCUT2D eigenvalue weighted by Gasteiger charge is -2.34. The molecule has 2 aliphatic rings. The number of aromatic nitrogens is 1. The maximum atomic E-state index is 13.0. The van der Waals surface area contributed by atoms with Gasteiger partial charge in [0.2, 0.25) is 10.0 Å². The summed E-state index contributed by atoms with van der Waals surface area (Å²) < 4.78 is 65.8. The molecule has 0 atom stereocenters. The van der Waals surface area contributed by atoms with E-state index >= 15 is 0 Å². The lowest BCUT2D eigenvalue weighted by Crippen LogP contribution is -2.47. The Morgan fingerprint density at radius 1 is 1.25 bits per heavy atom. The number of pyridine rings is 1. The highest BCUT2D eigenvalue weighted by Gasteiger charge is 2.68. The Morgan fingerprint density at radius 2 is 1.88 bits per heavy atom. The molecule has 2 aliphatic heterocycles. The topological polar surface area (TPSA) is 75.0 Å². The largest absolute Gasteiger partial charge is 0.437 e. The van der Waals surface area contributed by atoms with Gasteiger partial charge in [0.25, 0.3) is 5.66 Å². The van der Waals surface area contributed by atoms with Gasteiger partial charge in [-0.15, -0.1) is 10.2 Å². The first kappa shape index (κ1) is 17.7. The number of nitrogens with zero attached hydrogens (tertiary/aromatic N) is 4. The average molecular weight is 427 g/mol. The molecule has 0 amide bonds. The number of rotatable bonds is 4. The van der Waals surface area contributed by atoms with Gasteiger partial charge in [0, 0.05) is 35.9 Å². The molecule has 1 saturated heterocycles. The molecule has 1 aromatic heterocycles.